The van der Waals surface area contributed by atoms with Crippen LogP contribution in [0.15, 0.2) is 0 Å². The van der Waals surface area contributed by atoms with Gasteiger partial charge in [0.15, 0.2) is 0 Å². The molecule has 0 fully saturated rings. The largest absolute Gasteiger partial charge is 0.316 e. The highest BCUT2D eigenvalue weighted by molar-refractivity contribution is 4.61. The van der Waals surface area contributed by atoms with Crippen molar-refractivity contribution < 1.29 is 0 Å². The highest BCUT2D eigenvalue weighted by Crippen LogP contribution is 2.04. The molecule has 1 atom stereocenters. The van der Waals surface area contributed by atoms with Gasteiger partial charge in [-0.1, -0.05) is 41.0 Å². The zero-order valence-corrected chi connectivity index (χ0v) is 12.1. The van der Waals surface area contributed by atoms with Crippen molar-refractivity contribution in [2.75, 3.05) is 32.7 Å². The lowest BCUT2D eigenvalue weighted by molar-refractivity contribution is 0.242. The van der Waals surface area contributed by atoms with E-state index in [4.69, 9.17) is 0 Å². The second kappa shape index (κ2) is 10.1. The first-order valence-corrected chi connectivity index (χ1v) is 7.03. The van der Waals surface area contributed by atoms with Crippen LogP contribution in [0.2, 0.25) is 0 Å². The monoisotopic (exact) mass is 228 g/mol. The van der Waals surface area contributed by atoms with Gasteiger partial charge in [0.25, 0.3) is 0 Å². The molecule has 2 heteroatoms. The van der Waals surface area contributed by atoms with Gasteiger partial charge < -0.3 is 10.2 Å². The molecule has 1 N–H and O–H groups in total. The van der Waals surface area contributed by atoms with Crippen LogP contribution in [0, 0.1) is 11.8 Å². The van der Waals surface area contributed by atoms with Crippen LogP contribution >= 0.6 is 0 Å². The molecule has 0 heterocycles. The molecule has 0 saturated heterocycles. The van der Waals surface area contributed by atoms with Crippen molar-refractivity contribution in [2.24, 2.45) is 11.8 Å². The van der Waals surface area contributed by atoms with Crippen LogP contribution in [0.3, 0.4) is 0 Å². The SMILES string of the molecule is CCC(C)CN(CC)CCCNCC(C)C. The molecule has 0 amide bonds. The van der Waals surface area contributed by atoms with Crippen molar-refractivity contribution >= 4 is 0 Å². The summed E-state index contributed by atoms with van der Waals surface area (Å²) in [4.78, 5) is 2.57. The molecule has 98 valence electrons. The van der Waals surface area contributed by atoms with E-state index in [1.165, 1.54) is 32.5 Å². The third kappa shape index (κ3) is 9.17. The third-order valence-electron chi connectivity index (χ3n) is 3.09. The van der Waals surface area contributed by atoms with E-state index in [9.17, 15) is 0 Å². The fourth-order valence-corrected chi connectivity index (χ4v) is 1.77. The minimum Gasteiger partial charge on any atom is -0.316 e. The van der Waals surface area contributed by atoms with Crippen molar-refractivity contribution in [1.29, 1.82) is 0 Å². The summed E-state index contributed by atoms with van der Waals surface area (Å²) in [6.07, 6.45) is 2.57. The Bertz CT molecular complexity index is 146. The van der Waals surface area contributed by atoms with E-state index in [-0.39, 0.29) is 0 Å². The maximum absolute atomic E-state index is 3.50. The maximum Gasteiger partial charge on any atom is 0.000681 e. The number of rotatable bonds is 10. The Kier molecular flexibility index (Phi) is 10.0. The molecule has 0 aromatic heterocycles. The fraction of sp³-hybridized carbons (Fsp3) is 1.00. The average Bonchev–Trinajstić information content (AvgIpc) is 2.26. The van der Waals surface area contributed by atoms with E-state index < -0.39 is 0 Å². The van der Waals surface area contributed by atoms with E-state index in [0.29, 0.717) is 0 Å². The first-order chi connectivity index (χ1) is 7.60. The summed E-state index contributed by atoms with van der Waals surface area (Å²) in [6.45, 7) is 17.4. The van der Waals surface area contributed by atoms with Crippen LogP contribution < -0.4 is 5.32 Å². The summed E-state index contributed by atoms with van der Waals surface area (Å²) >= 11 is 0. The van der Waals surface area contributed by atoms with Crippen LogP contribution in [0.1, 0.15) is 47.5 Å². The van der Waals surface area contributed by atoms with Crippen LogP contribution in [-0.4, -0.2) is 37.6 Å². The van der Waals surface area contributed by atoms with Gasteiger partial charge in [0.05, 0.1) is 0 Å². The molecule has 16 heavy (non-hydrogen) atoms. The molecule has 0 aromatic carbocycles. The summed E-state index contributed by atoms with van der Waals surface area (Å²) in [5, 5.41) is 3.50. The van der Waals surface area contributed by atoms with E-state index in [0.717, 1.165) is 24.9 Å². The normalized spacial score (nSPS) is 13.7. The molecule has 0 saturated carbocycles. The Labute approximate surface area is 103 Å². The summed E-state index contributed by atoms with van der Waals surface area (Å²) in [6, 6.07) is 0. The molecule has 1 unspecified atom stereocenters. The Morgan fingerprint density at radius 1 is 1.12 bits per heavy atom. The molecular formula is C14H32N2. The predicted octanol–water partition coefficient (Wildman–Crippen LogP) is 2.99. The quantitative estimate of drug-likeness (QED) is 0.578. The Hall–Kier alpha value is -0.0800. The van der Waals surface area contributed by atoms with Crippen LogP contribution in [0.4, 0.5) is 0 Å². The van der Waals surface area contributed by atoms with Gasteiger partial charge in [0, 0.05) is 6.54 Å². The topological polar surface area (TPSA) is 15.3 Å². The molecule has 0 aliphatic carbocycles. The van der Waals surface area contributed by atoms with Gasteiger partial charge in [-0.3, -0.25) is 0 Å². The molecule has 0 radical (unpaired) electrons. The second-order valence-corrected chi connectivity index (χ2v) is 5.36. The zero-order valence-electron chi connectivity index (χ0n) is 12.1. The standard InChI is InChI=1S/C14H32N2/c1-6-14(5)12-16(7-2)10-8-9-15-11-13(3)4/h13-15H,6-12H2,1-5H3. The van der Waals surface area contributed by atoms with E-state index in [1.54, 1.807) is 0 Å². The summed E-state index contributed by atoms with van der Waals surface area (Å²) in [5.41, 5.74) is 0. The fourth-order valence-electron chi connectivity index (χ4n) is 1.77. The second-order valence-electron chi connectivity index (χ2n) is 5.36. The lowest BCUT2D eigenvalue weighted by Crippen LogP contribution is -2.31. The summed E-state index contributed by atoms with van der Waals surface area (Å²) < 4.78 is 0. The number of hydrogen-bond acceptors (Lipinski definition) is 2. The van der Waals surface area contributed by atoms with Gasteiger partial charge >= 0.3 is 0 Å². The first-order valence-electron chi connectivity index (χ1n) is 7.03. The minimum absolute atomic E-state index is 0.766. The molecule has 2 nitrogen and oxygen atoms in total. The third-order valence-corrected chi connectivity index (χ3v) is 3.09. The van der Waals surface area contributed by atoms with Crippen molar-refractivity contribution in [1.82, 2.24) is 10.2 Å². The first kappa shape index (κ1) is 15.9. The molecule has 0 spiro atoms. The van der Waals surface area contributed by atoms with Gasteiger partial charge in [-0.2, -0.15) is 0 Å². The van der Waals surface area contributed by atoms with Gasteiger partial charge in [-0.05, 0) is 44.4 Å². The molecular weight excluding hydrogens is 196 g/mol. The van der Waals surface area contributed by atoms with Gasteiger partial charge in [-0.25, -0.2) is 0 Å². The number of hydrogen-bond donors (Lipinski definition) is 1. The Morgan fingerprint density at radius 3 is 2.31 bits per heavy atom. The van der Waals surface area contributed by atoms with Gasteiger partial charge in [-0.15, -0.1) is 0 Å². The van der Waals surface area contributed by atoms with Gasteiger partial charge in [0.2, 0.25) is 0 Å². The Balaban J connectivity index is 3.48. The maximum atomic E-state index is 3.50. The molecule has 0 rings (SSSR count). The molecule has 0 aliphatic heterocycles. The van der Waals surface area contributed by atoms with Crippen LogP contribution in [0.25, 0.3) is 0 Å². The lowest BCUT2D eigenvalue weighted by atomic mass is 10.1. The van der Waals surface area contributed by atoms with Crippen molar-refractivity contribution in [3.8, 4) is 0 Å². The van der Waals surface area contributed by atoms with E-state index >= 15 is 0 Å². The molecule has 0 aliphatic rings. The minimum atomic E-state index is 0.766. The van der Waals surface area contributed by atoms with Crippen molar-refractivity contribution in [3.05, 3.63) is 0 Å². The number of nitrogens with one attached hydrogen (secondary N) is 1. The van der Waals surface area contributed by atoms with E-state index in [2.05, 4.69) is 44.8 Å². The number of nitrogens with zero attached hydrogens (tertiary/aromatic N) is 1. The highest BCUT2D eigenvalue weighted by atomic mass is 15.1. The van der Waals surface area contributed by atoms with Crippen molar-refractivity contribution in [2.45, 2.75) is 47.5 Å². The van der Waals surface area contributed by atoms with Crippen LogP contribution in [0.5, 0.6) is 0 Å². The molecule has 0 aromatic rings. The molecule has 0 bridgehead atoms. The lowest BCUT2D eigenvalue weighted by Gasteiger charge is -2.23. The smallest absolute Gasteiger partial charge is 0.000681 e. The summed E-state index contributed by atoms with van der Waals surface area (Å²) in [5.74, 6) is 1.60. The van der Waals surface area contributed by atoms with Crippen molar-refractivity contribution in [3.63, 3.8) is 0 Å². The van der Waals surface area contributed by atoms with Crippen LogP contribution in [-0.2, 0) is 0 Å². The average molecular weight is 228 g/mol. The summed E-state index contributed by atoms with van der Waals surface area (Å²) in [7, 11) is 0. The Morgan fingerprint density at radius 2 is 1.81 bits per heavy atom. The van der Waals surface area contributed by atoms with Gasteiger partial charge in [0.1, 0.15) is 0 Å². The predicted molar refractivity (Wildman–Crippen MR) is 73.9 cm³/mol. The van der Waals surface area contributed by atoms with E-state index in [1.807, 2.05) is 0 Å². The highest BCUT2D eigenvalue weighted by Gasteiger charge is 2.06. The zero-order chi connectivity index (χ0) is 12.4.